The van der Waals surface area contributed by atoms with E-state index in [0.29, 0.717) is 0 Å². The first kappa shape index (κ1) is 27.2. The molecule has 4 heteroatoms. The molecule has 0 fully saturated rings. The number of allylic oxidation sites excluding steroid dienone is 4. The van der Waals surface area contributed by atoms with E-state index in [-0.39, 0.29) is 43.1 Å². The fourth-order valence-electron chi connectivity index (χ4n) is 4.42. The minimum absolute atomic E-state index is 0. The molecule has 1 atom stereocenters. The quantitative estimate of drug-likeness (QED) is 0.282. The van der Waals surface area contributed by atoms with Gasteiger partial charge in [-0.2, -0.15) is 0 Å². The van der Waals surface area contributed by atoms with E-state index in [2.05, 4.69) is 142 Å². The molecule has 0 heterocycles. The van der Waals surface area contributed by atoms with Crippen molar-refractivity contribution in [3.05, 3.63) is 147 Å². The first-order chi connectivity index (χ1) is 14.8. The molecule has 4 aromatic carbocycles. The molecule has 1 unspecified atom stereocenters. The van der Waals surface area contributed by atoms with Crippen molar-refractivity contribution in [1.29, 1.82) is 0 Å². The number of benzene rings is 4. The molecule has 0 nitrogen and oxygen atoms in total. The summed E-state index contributed by atoms with van der Waals surface area (Å²) in [6.45, 7) is 0. The summed E-state index contributed by atoms with van der Waals surface area (Å²) in [5.74, 6) is 0.235. The van der Waals surface area contributed by atoms with Gasteiger partial charge in [-0.1, -0.05) is 0 Å². The van der Waals surface area contributed by atoms with E-state index < -0.39 is 0 Å². The molecular weight excluding hydrogens is 503 g/mol. The Morgan fingerprint density at radius 3 is 1.24 bits per heavy atom. The second kappa shape index (κ2) is 12.4. The average molecular weight is 524 g/mol. The van der Waals surface area contributed by atoms with Crippen LogP contribution in [0.3, 0.4) is 0 Å². The van der Waals surface area contributed by atoms with Gasteiger partial charge in [-0.25, -0.2) is 0 Å². The van der Waals surface area contributed by atoms with E-state index in [0.717, 1.165) is 0 Å². The van der Waals surface area contributed by atoms with E-state index in [1.54, 1.807) is 0 Å². The zero-order chi connectivity index (χ0) is 20.3. The van der Waals surface area contributed by atoms with Gasteiger partial charge in [0.1, 0.15) is 0 Å². The topological polar surface area (TPSA) is 0 Å². The summed E-state index contributed by atoms with van der Waals surface area (Å²) in [5.41, 5.74) is 9.27. The van der Waals surface area contributed by atoms with Crippen molar-refractivity contribution in [3.8, 4) is 0 Å². The van der Waals surface area contributed by atoms with Gasteiger partial charge in [0.05, 0.1) is 0 Å². The van der Waals surface area contributed by atoms with Crippen molar-refractivity contribution < 1.29 is 57.7 Å². The van der Waals surface area contributed by atoms with Crippen LogP contribution in [-0.2, 0) is 20.4 Å². The molecule has 1 aliphatic rings. The normalized spacial score (nSPS) is 14.8. The predicted molar refractivity (Wildman–Crippen MR) is 122 cm³/mol. The Morgan fingerprint density at radius 2 is 0.788 bits per heavy atom. The fraction of sp³-hybridized carbons (Fsp3) is 0.0345. The van der Waals surface area contributed by atoms with Crippen LogP contribution < -0.4 is 37.2 Å². The van der Waals surface area contributed by atoms with E-state index in [1.807, 2.05) is 0 Å². The van der Waals surface area contributed by atoms with E-state index in [4.69, 9.17) is 0 Å². The van der Waals surface area contributed by atoms with Gasteiger partial charge < -0.3 is 37.2 Å². The second-order valence-electron chi connectivity index (χ2n) is 7.52. The third kappa shape index (κ3) is 5.38. The summed E-state index contributed by atoms with van der Waals surface area (Å²) in [4.78, 5) is 0. The molecule has 0 aliphatic heterocycles. The Morgan fingerprint density at radius 1 is 0.424 bits per heavy atom. The Labute approximate surface area is 226 Å². The summed E-state index contributed by atoms with van der Waals surface area (Å²) in [5, 5.41) is 0. The van der Waals surface area contributed by atoms with Crippen LogP contribution in [0.25, 0.3) is 16.7 Å². The summed E-state index contributed by atoms with van der Waals surface area (Å²) in [7, 11) is 0. The first-order valence-corrected chi connectivity index (χ1v) is 11.0. The fourth-order valence-corrected chi connectivity index (χ4v) is 5.33. The minimum atomic E-state index is 0. The van der Waals surface area contributed by atoms with Gasteiger partial charge in [-0.05, 0) is 0 Å². The standard InChI is InChI=1S/C29H21.3ClH.Ti/c1-5-13-22(14-6-1)26-21-27(23-15-7-2-8-16-23)29(25-19-11-4-12-20-25)28(26)24-17-9-3-10-18-24;;;;/h1-20,26H;3*1H;/q;;;;+3/p-3. The van der Waals surface area contributed by atoms with Crippen LogP contribution in [0.2, 0.25) is 0 Å². The molecule has 1 aliphatic carbocycles. The average Bonchev–Trinajstić information content (AvgIpc) is 3.14. The van der Waals surface area contributed by atoms with Gasteiger partial charge >= 0.3 is 191 Å². The Balaban J connectivity index is 0.00000128. The zero-order valence-corrected chi connectivity index (χ0v) is 21.6. The van der Waals surface area contributed by atoms with Gasteiger partial charge in [0, 0.05) is 0 Å². The molecule has 0 amide bonds. The Hall–Kier alpha value is -2.06. The number of hydrogen-bond donors (Lipinski definition) is 0. The zero-order valence-electron chi connectivity index (χ0n) is 17.8. The Kier molecular flexibility index (Phi) is 10.2. The van der Waals surface area contributed by atoms with Crippen LogP contribution in [0.5, 0.6) is 0 Å². The summed E-state index contributed by atoms with van der Waals surface area (Å²) >= 11 is 2.30. The molecule has 4 aromatic rings. The van der Waals surface area contributed by atoms with Crippen molar-refractivity contribution in [2.45, 2.75) is 5.92 Å². The molecule has 0 saturated carbocycles. The van der Waals surface area contributed by atoms with E-state index in [9.17, 15) is 0 Å². The maximum absolute atomic E-state index is 2.30. The third-order valence-corrected chi connectivity index (χ3v) is 6.55. The van der Waals surface area contributed by atoms with Crippen LogP contribution in [0.1, 0.15) is 28.2 Å². The molecule has 162 valence electrons. The molecule has 0 spiro atoms. The number of halogens is 3. The van der Waals surface area contributed by atoms with E-state index >= 15 is 0 Å². The van der Waals surface area contributed by atoms with Crippen molar-refractivity contribution in [2.75, 3.05) is 0 Å². The molecule has 0 radical (unpaired) electrons. The SMILES string of the molecule is [Cl-].[Cl-].[Cl-].[Ti+3][C]1=C(c2ccccc2)C(c2ccccc2)=C(c2ccccc2)C1c1ccccc1. The monoisotopic (exact) mass is 522 g/mol. The molecule has 0 bridgehead atoms. The van der Waals surface area contributed by atoms with Gasteiger partial charge in [0.2, 0.25) is 0 Å². The number of rotatable bonds is 4. The van der Waals surface area contributed by atoms with Crippen LogP contribution >= 0.6 is 0 Å². The maximum atomic E-state index is 2.30. The van der Waals surface area contributed by atoms with Crippen molar-refractivity contribution in [3.63, 3.8) is 0 Å². The summed E-state index contributed by atoms with van der Waals surface area (Å²) < 4.78 is 1.41. The predicted octanol–water partition coefficient (Wildman–Crippen LogP) is -1.64. The summed E-state index contributed by atoms with van der Waals surface area (Å²) in [6, 6.07) is 43.4. The number of hydrogen-bond acceptors (Lipinski definition) is 0. The molecule has 0 saturated heterocycles. The van der Waals surface area contributed by atoms with Crippen LogP contribution in [0, 0.1) is 0 Å². The third-order valence-electron chi connectivity index (χ3n) is 5.71. The van der Waals surface area contributed by atoms with Crippen LogP contribution in [0.15, 0.2) is 125 Å². The summed E-state index contributed by atoms with van der Waals surface area (Å²) in [6.07, 6.45) is 0. The van der Waals surface area contributed by atoms with Gasteiger partial charge in [-0.3, -0.25) is 0 Å². The van der Waals surface area contributed by atoms with Crippen molar-refractivity contribution in [2.24, 2.45) is 0 Å². The van der Waals surface area contributed by atoms with Crippen molar-refractivity contribution in [1.82, 2.24) is 0 Å². The van der Waals surface area contributed by atoms with Gasteiger partial charge in [0.15, 0.2) is 0 Å². The van der Waals surface area contributed by atoms with Gasteiger partial charge in [0.25, 0.3) is 0 Å². The molecule has 33 heavy (non-hydrogen) atoms. The first-order valence-electron chi connectivity index (χ1n) is 10.3. The molecule has 0 aromatic heterocycles. The van der Waals surface area contributed by atoms with Gasteiger partial charge in [-0.15, -0.1) is 0 Å². The second-order valence-corrected chi connectivity index (χ2v) is 8.36. The molecule has 0 N–H and O–H groups in total. The van der Waals surface area contributed by atoms with Crippen LogP contribution in [0.4, 0.5) is 0 Å². The van der Waals surface area contributed by atoms with E-state index in [1.165, 1.54) is 42.9 Å². The Bertz CT molecular complexity index is 1220. The van der Waals surface area contributed by atoms with Crippen molar-refractivity contribution >= 4 is 16.7 Å². The van der Waals surface area contributed by atoms with Crippen LogP contribution in [-0.4, -0.2) is 0 Å². The molecule has 5 rings (SSSR count). The molecular formula is C29H21Cl3Ti.